The molecule has 1 aliphatic rings. The highest BCUT2D eigenvalue weighted by Gasteiger charge is 2.24. The van der Waals surface area contributed by atoms with Gasteiger partial charge in [0.2, 0.25) is 0 Å². The van der Waals surface area contributed by atoms with E-state index in [4.69, 9.17) is 10.5 Å². The van der Waals surface area contributed by atoms with E-state index in [-0.39, 0.29) is 6.10 Å². The van der Waals surface area contributed by atoms with Crippen LogP contribution in [0.25, 0.3) is 0 Å². The Morgan fingerprint density at radius 1 is 1.50 bits per heavy atom. The van der Waals surface area contributed by atoms with Crippen LogP contribution >= 0.6 is 0 Å². The predicted octanol–water partition coefficient (Wildman–Crippen LogP) is 1.03. The zero-order chi connectivity index (χ0) is 13.0. The van der Waals surface area contributed by atoms with Crippen molar-refractivity contribution in [3.8, 4) is 0 Å². The molecule has 1 unspecified atom stereocenters. The molecule has 0 saturated carbocycles. The summed E-state index contributed by atoms with van der Waals surface area (Å²) in [4.78, 5) is 11.4. The summed E-state index contributed by atoms with van der Waals surface area (Å²) in [6.45, 7) is 8.34. The normalized spacial score (nSPS) is 21.2. The molecule has 0 spiro atoms. The number of morpholine rings is 1. The molecule has 100 valence electrons. The fourth-order valence-corrected chi connectivity index (χ4v) is 2.29. The number of hydrogen-bond donors (Lipinski definition) is 1. The van der Waals surface area contributed by atoms with Gasteiger partial charge in [-0.3, -0.25) is 4.90 Å². The van der Waals surface area contributed by atoms with E-state index in [9.17, 15) is 0 Å². The first-order valence-corrected chi connectivity index (χ1v) is 6.61. The van der Waals surface area contributed by atoms with Crippen LogP contribution in [0.2, 0.25) is 0 Å². The summed E-state index contributed by atoms with van der Waals surface area (Å²) in [6.07, 6.45) is 1.14. The van der Waals surface area contributed by atoms with Gasteiger partial charge in [-0.25, -0.2) is 9.97 Å². The minimum absolute atomic E-state index is 0.0181. The lowest BCUT2D eigenvalue weighted by Crippen LogP contribution is -2.39. The maximum atomic E-state index is 5.79. The largest absolute Gasteiger partial charge is 0.368 e. The number of aromatic nitrogens is 2. The molecule has 2 heterocycles. The minimum atomic E-state index is -0.0181. The van der Waals surface area contributed by atoms with Crippen molar-refractivity contribution in [1.29, 1.82) is 0 Å². The molecule has 1 atom stereocenters. The van der Waals surface area contributed by atoms with Gasteiger partial charge in [-0.15, -0.1) is 0 Å². The van der Waals surface area contributed by atoms with Gasteiger partial charge in [0.25, 0.3) is 0 Å². The Hall–Kier alpha value is -1.04. The number of rotatable bonds is 4. The van der Waals surface area contributed by atoms with Gasteiger partial charge in [0, 0.05) is 25.3 Å². The van der Waals surface area contributed by atoms with Crippen molar-refractivity contribution >= 4 is 0 Å². The summed E-state index contributed by atoms with van der Waals surface area (Å²) in [5.41, 5.74) is 7.49. The van der Waals surface area contributed by atoms with E-state index >= 15 is 0 Å². The van der Waals surface area contributed by atoms with Gasteiger partial charge in [-0.1, -0.05) is 6.92 Å². The number of hydrogen-bond acceptors (Lipinski definition) is 5. The molecule has 2 rings (SSSR count). The quantitative estimate of drug-likeness (QED) is 0.864. The minimum Gasteiger partial charge on any atom is -0.368 e. The van der Waals surface area contributed by atoms with E-state index in [0.717, 1.165) is 49.9 Å². The molecule has 1 aromatic heterocycles. The molecule has 5 nitrogen and oxygen atoms in total. The van der Waals surface area contributed by atoms with Crippen LogP contribution in [0.15, 0.2) is 6.07 Å². The monoisotopic (exact) mass is 250 g/mol. The van der Waals surface area contributed by atoms with Crippen molar-refractivity contribution in [2.75, 3.05) is 26.2 Å². The third kappa shape index (κ3) is 3.25. The van der Waals surface area contributed by atoms with Gasteiger partial charge in [-0.2, -0.15) is 0 Å². The van der Waals surface area contributed by atoms with Gasteiger partial charge < -0.3 is 10.5 Å². The highest BCUT2D eigenvalue weighted by molar-refractivity contribution is 5.11. The molecule has 0 radical (unpaired) electrons. The van der Waals surface area contributed by atoms with Gasteiger partial charge in [0.15, 0.2) is 5.82 Å². The number of nitrogens with two attached hydrogens (primary N) is 1. The summed E-state index contributed by atoms with van der Waals surface area (Å²) in [5.74, 6) is 0.774. The first-order chi connectivity index (χ1) is 8.72. The van der Waals surface area contributed by atoms with Gasteiger partial charge >= 0.3 is 0 Å². The Labute approximate surface area is 108 Å². The SMILES string of the molecule is CCCN1CCOC(c2nc(C)cc(CN)n2)C1. The molecule has 0 amide bonds. The lowest BCUT2D eigenvalue weighted by Gasteiger charge is -2.32. The third-order valence-electron chi connectivity index (χ3n) is 3.11. The zero-order valence-corrected chi connectivity index (χ0v) is 11.2. The molecule has 0 aromatic carbocycles. The number of nitrogens with zero attached hydrogens (tertiary/aromatic N) is 3. The van der Waals surface area contributed by atoms with Crippen LogP contribution in [0.1, 0.15) is 36.7 Å². The Bertz CT molecular complexity index is 395. The summed E-state index contributed by atoms with van der Waals surface area (Å²) in [6, 6.07) is 1.93. The molecular weight excluding hydrogens is 228 g/mol. The van der Waals surface area contributed by atoms with Gasteiger partial charge in [0.1, 0.15) is 6.10 Å². The molecular formula is C13H22N4O. The third-order valence-corrected chi connectivity index (χ3v) is 3.11. The Morgan fingerprint density at radius 3 is 3.06 bits per heavy atom. The fraction of sp³-hybridized carbons (Fsp3) is 0.692. The van der Waals surface area contributed by atoms with Crippen LogP contribution in [-0.4, -0.2) is 41.1 Å². The van der Waals surface area contributed by atoms with Crippen LogP contribution in [0.4, 0.5) is 0 Å². The first kappa shape index (κ1) is 13.4. The lowest BCUT2D eigenvalue weighted by molar-refractivity contribution is -0.0343. The van der Waals surface area contributed by atoms with Crippen molar-refractivity contribution in [3.05, 3.63) is 23.3 Å². The number of ether oxygens (including phenoxy) is 1. The zero-order valence-electron chi connectivity index (χ0n) is 11.2. The van der Waals surface area contributed by atoms with E-state index in [1.54, 1.807) is 0 Å². The Morgan fingerprint density at radius 2 is 2.33 bits per heavy atom. The summed E-state index contributed by atoms with van der Waals surface area (Å²) in [5, 5.41) is 0. The van der Waals surface area contributed by atoms with Gasteiger partial charge in [0.05, 0.1) is 12.3 Å². The first-order valence-electron chi connectivity index (χ1n) is 6.61. The maximum Gasteiger partial charge on any atom is 0.158 e. The van der Waals surface area contributed by atoms with Crippen molar-refractivity contribution in [3.63, 3.8) is 0 Å². The summed E-state index contributed by atoms with van der Waals surface area (Å²) < 4.78 is 5.79. The van der Waals surface area contributed by atoms with Crippen LogP contribution < -0.4 is 5.73 Å². The van der Waals surface area contributed by atoms with Crippen molar-refractivity contribution in [1.82, 2.24) is 14.9 Å². The standard InChI is InChI=1S/C13H22N4O/c1-3-4-17-5-6-18-12(9-17)13-15-10(2)7-11(8-14)16-13/h7,12H,3-6,8-9,14H2,1-2H3. The second kappa shape index (κ2) is 6.22. The van der Waals surface area contributed by atoms with E-state index in [1.807, 2.05) is 13.0 Å². The molecule has 1 fully saturated rings. The lowest BCUT2D eigenvalue weighted by atomic mass is 10.2. The predicted molar refractivity (Wildman–Crippen MR) is 70.1 cm³/mol. The highest BCUT2D eigenvalue weighted by atomic mass is 16.5. The molecule has 0 bridgehead atoms. The van der Waals surface area contributed by atoms with E-state index < -0.39 is 0 Å². The average Bonchev–Trinajstić information content (AvgIpc) is 2.39. The maximum absolute atomic E-state index is 5.79. The fourth-order valence-electron chi connectivity index (χ4n) is 2.29. The smallest absolute Gasteiger partial charge is 0.158 e. The van der Waals surface area contributed by atoms with Crippen LogP contribution in [0.5, 0.6) is 0 Å². The average molecular weight is 250 g/mol. The summed E-state index contributed by atoms with van der Waals surface area (Å²) >= 11 is 0. The molecule has 2 N–H and O–H groups in total. The molecule has 0 aliphatic carbocycles. The highest BCUT2D eigenvalue weighted by Crippen LogP contribution is 2.19. The number of aryl methyl sites for hydroxylation is 1. The van der Waals surface area contributed by atoms with E-state index in [1.165, 1.54) is 0 Å². The second-order valence-electron chi connectivity index (χ2n) is 4.72. The Balaban J connectivity index is 2.12. The van der Waals surface area contributed by atoms with E-state index in [0.29, 0.717) is 6.54 Å². The molecule has 18 heavy (non-hydrogen) atoms. The van der Waals surface area contributed by atoms with Crippen LogP contribution in [0, 0.1) is 6.92 Å². The Kier molecular flexibility index (Phi) is 4.63. The molecule has 1 aliphatic heterocycles. The van der Waals surface area contributed by atoms with Crippen molar-refractivity contribution in [2.45, 2.75) is 32.9 Å². The van der Waals surface area contributed by atoms with E-state index in [2.05, 4.69) is 21.8 Å². The van der Waals surface area contributed by atoms with Crippen LogP contribution in [0.3, 0.4) is 0 Å². The topological polar surface area (TPSA) is 64.3 Å². The van der Waals surface area contributed by atoms with Crippen LogP contribution in [-0.2, 0) is 11.3 Å². The van der Waals surface area contributed by atoms with Crippen molar-refractivity contribution < 1.29 is 4.74 Å². The van der Waals surface area contributed by atoms with Crippen molar-refractivity contribution in [2.24, 2.45) is 5.73 Å². The second-order valence-corrected chi connectivity index (χ2v) is 4.72. The molecule has 5 heteroatoms. The molecule has 1 aromatic rings. The summed E-state index contributed by atoms with van der Waals surface area (Å²) in [7, 11) is 0. The molecule has 1 saturated heterocycles. The van der Waals surface area contributed by atoms with Gasteiger partial charge in [-0.05, 0) is 26.0 Å².